The van der Waals surface area contributed by atoms with Gasteiger partial charge in [0, 0.05) is 10.0 Å². The van der Waals surface area contributed by atoms with Gasteiger partial charge in [-0.3, -0.25) is 11.3 Å². The van der Waals surface area contributed by atoms with Crippen molar-refractivity contribution in [3.63, 3.8) is 0 Å². The van der Waals surface area contributed by atoms with Crippen LogP contribution in [-0.2, 0) is 0 Å². The van der Waals surface area contributed by atoms with Crippen LogP contribution in [0.5, 0.6) is 0 Å². The summed E-state index contributed by atoms with van der Waals surface area (Å²) in [5.74, 6) is 6.40. The van der Waals surface area contributed by atoms with E-state index < -0.39 is 0 Å². The molecule has 1 atom stereocenters. The summed E-state index contributed by atoms with van der Waals surface area (Å²) in [7, 11) is 0. The monoisotopic (exact) mass is 348 g/mol. The lowest BCUT2D eigenvalue weighted by atomic mass is 9.77. The van der Waals surface area contributed by atoms with Crippen LogP contribution in [0.4, 0.5) is 4.39 Å². The van der Waals surface area contributed by atoms with Gasteiger partial charge in [0.25, 0.3) is 0 Å². The van der Waals surface area contributed by atoms with Crippen molar-refractivity contribution in [2.24, 2.45) is 17.7 Å². The maximum absolute atomic E-state index is 14.3. The second kappa shape index (κ2) is 6.53. The lowest BCUT2D eigenvalue weighted by Gasteiger charge is -2.33. The highest BCUT2D eigenvalue weighted by Gasteiger charge is 2.29. The number of rotatable bonds is 3. The van der Waals surface area contributed by atoms with Gasteiger partial charge in [-0.05, 0) is 46.7 Å². The maximum Gasteiger partial charge on any atom is 0.147 e. The summed E-state index contributed by atoms with van der Waals surface area (Å²) in [4.78, 5) is 0. The summed E-state index contributed by atoms with van der Waals surface area (Å²) in [6.07, 6.45) is 4.50. The molecule has 0 heterocycles. The Kier molecular flexibility index (Phi) is 5.23. The molecule has 1 aliphatic rings. The standard InChI is InChI=1S/C14H19BrClFN2/c1-8-2-4-9(5-3-8)14(19-18)10-6-7-11(15)12(16)13(10)17/h6-9,14,19H,2-5,18H2,1H3. The van der Waals surface area contributed by atoms with Crippen LogP contribution in [0, 0.1) is 17.7 Å². The molecule has 0 amide bonds. The Labute approximate surface area is 127 Å². The zero-order chi connectivity index (χ0) is 14.0. The van der Waals surface area contributed by atoms with Gasteiger partial charge in [0.15, 0.2) is 0 Å². The van der Waals surface area contributed by atoms with E-state index in [2.05, 4.69) is 28.3 Å². The minimum atomic E-state index is -0.377. The van der Waals surface area contributed by atoms with Gasteiger partial charge < -0.3 is 0 Å². The molecule has 106 valence electrons. The Bertz CT molecular complexity index is 447. The molecular weight excluding hydrogens is 331 g/mol. The topological polar surface area (TPSA) is 38.0 Å². The number of hydrogen-bond acceptors (Lipinski definition) is 2. The van der Waals surface area contributed by atoms with Gasteiger partial charge in [-0.25, -0.2) is 4.39 Å². The van der Waals surface area contributed by atoms with Gasteiger partial charge in [0.05, 0.1) is 11.1 Å². The zero-order valence-electron chi connectivity index (χ0n) is 10.9. The molecule has 1 unspecified atom stereocenters. The molecule has 1 fully saturated rings. The number of hydrogen-bond donors (Lipinski definition) is 2. The van der Waals surface area contributed by atoms with Crippen molar-refractivity contribution < 1.29 is 4.39 Å². The largest absolute Gasteiger partial charge is 0.271 e. The average Bonchev–Trinajstić information content (AvgIpc) is 2.41. The quantitative estimate of drug-likeness (QED) is 0.476. The van der Waals surface area contributed by atoms with Gasteiger partial charge in [0.1, 0.15) is 5.82 Å². The lowest BCUT2D eigenvalue weighted by molar-refractivity contribution is 0.229. The number of nitrogens with one attached hydrogen (secondary N) is 1. The maximum atomic E-state index is 14.3. The van der Waals surface area contributed by atoms with Crippen molar-refractivity contribution in [2.75, 3.05) is 0 Å². The van der Waals surface area contributed by atoms with E-state index >= 15 is 0 Å². The highest BCUT2D eigenvalue weighted by Crippen LogP contribution is 2.39. The molecule has 1 aromatic carbocycles. The molecular formula is C14H19BrClFN2. The highest BCUT2D eigenvalue weighted by molar-refractivity contribution is 9.10. The van der Waals surface area contributed by atoms with Crippen LogP contribution in [0.1, 0.15) is 44.2 Å². The van der Waals surface area contributed by atoms with E-state index in [0.717, 1.165) is 18.8 Å². The molecule has 1 aliphatic carbocycles. The normalized spacial score (nSPS) is 25.3. The van der Waals surface area contributed by atoms with Gasteiger partial charge in [0.2, 0.25) is 0 Å². The minimum absolute atomic E-state index is 0.127. The smallest absolute Gasteiger partial charge is 0.147 e. The molecule has 0 bridgehead atoms. The van der Waals surface area contributed by atoms with E-state index in [4.69, 9.17) is 17.4 Å². The third-order valence-corrected chi connectivity index (χ3v) is 5.37. The molecule has 0 aliphatic heterocycles. The molecule has 2 nitrogen and oxygen atoms in total. The summed E-state index contributed by atoms with van der Waals surface area (Å²) in [6, 6.07) is 3.36. The average molecular weight is 350 g/mol. The van der Waals surface area contributed by atoms with Crippen LogP contribution in [0.25, 0.3) is 0 Å². The number of hydrazine groups is 1. The van der Waals surface area contributed by atoms with Crippen molar-refractivity contribution in [3.8, 4) is 0 Å². The van der Waals surface area contributed by atoms with E-state index in [1.54, 1.807) is 12.1 Å². The molecule has 1 aromatic rings. The Hall–Kier alpha value is -0.160. The molecule has 2 rings (SSSR count). The third kappa shape index (κ3) is 3.30. The van der Waals surface area contributed by atoms with Gasteiger partial charge in [-0.2, -0.15) is 0 Å². The van der Waals surface area contributed by atoms with Gasteiger partial charge in [-0.1, -0.05) is 37.4 Å². The fourth-order valence-electron chi connectivity index (χ4n) is 2.88. The van der Waals surface area contributed by atoms with Crippen LogP contribution in [0.2, 0.25) is 5.02 Å². The zero-order valence-corrected chi connectivity index (χ0v) is 13.3. The fourth-order valence-corrected chi connectivity index (χ4v) is 3.36. The first-order valence-corrected chi connectivity index (χ1v) is 7.81. The molecule has 0 spiro atoms. The number of benzene rings is 1. The van der Waals surface area contributed by atoms with Crippen LogP contribution in [0.15, 0.2) is 16.6 Å². The van der Waals surface area contributed by atoms with Crippen LogP contribution < -0.4 is 11.3 Å². The van der Waals surface area contributed by atoms with Crippen LogP contribution in [-0.4, -0.2) is 0 Å². The molecule has 1 saturated carbocycles. The molecule has 0 aromatic heterocycles. The van der Waals surface area contributed by atoms with Gasteiger partial charge >= 0.3 is 0 Å². The predicted octanol–water partition coefficient (Wildman–Crippen LogP) is 4.57. The first-order valence-electron chi connectivity index (χ1n) is 6.64. The Balaban J connectivity index is 2.25. The summed E-state index contributed by atoms with van der Waals surface area (Å²) in [5, 5.41) is 0.127. The van der Waals surface area contributed by atoms with E-state index in [1.165, 1.54) is 12.8 Å². The summed E-state index contributed by atoms with van der Waals surface area (Å²) < 4.78 is 14.8. The van der Waals surface area contributed by atoms with E-state index in [-0.39, 0.29) is 16.9 Å². The predicted molar refractivity (Wildman–Crippen MR) is 80.3 cm³/mol. The van der Waals surface area contributed by atoms with Gasteiger partial charge in [-0.15, -0.1) is 0 Å². The minimum Gasteiger partial charge on any atom is -0.271 e. The van der Waals surface area contributed by atoms with E-state index in [0.29, 0.717) is 16.0 Å². The molecule has 0 radical (unpaired) electrons. The number of halogens is 3. The SMILES string of the molecule is CC1CCC(C(NN)c2ccc(Br)c(Cl)c2F)CC1. The van der Waals surface area contributed by atoms with Crippen molar-refractivity contribution in [2.45, 2.75) is 38.6 Å². The number of nitrogens with two attached hydrogens (primary N) is 1. The fraction of sp³-hybridized carbons (Fsp3) is 0.571. The second-order valence-corrected chi connectivity index (χ2v) is 6.66. The molecule has 3 N–H and O–H groups in total. The van der Waals surface area contributed by atoms with Crippen molar-refractivity contribution >= 4 is 27.5 Å². The summed E-state index contributed by atoms with van der Waals surface area (Å²) in [6.45, 7) is 2.26. The summed E-state index contributed by atoms with van der Waals surface area (Å²) >= 11 is 9.19. The van der Waals surface area contributed by atoms with Crippen LogP contribution >= 0.6 is 27.5 Å². The first kappa shape index (κ1) is 15.2. The Morgan fingerprint density at radius 1 is 1.37 bits per heavy atom. The van der Waals surface area contributed by atoms with E-state index in [1.807, 2.05) is 0 Å². The van der Waals surface area contributed by atoms with E-state index in [9.17, 15) is 4.39 Å². The lowest BCUT2D eigenvalue weighted by Crippen LogP contribution is -2.35. The summed E-state index contributed by atoms with van der Waals surface area (Å²) in [5.41, 5.74) is 3.34. The highest BCUT2D eigenvalue weighted by atomic mass is 79.9. The van der Waals surface area contributed by atoms with Crippen molar-refractivity contribution in [1.82, 2.24) is 5.43 Å². The van der Waals surface area contributed by atoms with Crippen molar-refractivity contribution in [1.29, 1.82) is 0 Å². The second-order valence-electron chi connectivity index (χ2n) is 5.43. The molecule has 0 saturated heterocycles. The first-order chi connectivity index (χ1) is 9.04. The Morgan fingerprint density at radius 3 is 2.58 bits per heavy atom. The molecule has 19 heavy (non-hydrogen) atoms. The van der Waals surface area contributed by atoms with Crippen LogP contribution in [0.3, 0.4) is 0 Å². The third-order valence-electron chi connectivity index (χ3n) is 4.11. The Morgan fingerprint density at radius 2 is 2.00 bits per heavy atom. The molecule has 5 heteroatoms. The van der Waals surface area contributed by atoms with Crippen molar-refractivity contribution in [3.05, 3.63) is 33.0 Å².